The summed E-state index contributed by atoms with van der Waals surface area (Å²) in [6.07, 6.45) is 2.53. The molecule has 5 heteroatoms. The molecule has 110 valence electrons. The standard InChI is InChI=1S/C14H22F3NO/c15-14(16,17)8-19-2-1-18-13-11-4-9-3-10(6-11)7-12(13)5-9/h9-13,18H,1-8H2. The second kappa shape index (κ2) is 5.24. The first-order valence-electron chi connectivity index (χ1n) is 7.39. The summed E-state index contributed by atoms with van der Waals surface area (Å²) in [7, 11) is 0. The Hall–Kier alpha value is -0.290. The normalized spacial score (nSPS) is 40.9. The van der Waals surface area contributed by atoms with Gasteiger partial charge in [0, 0.05) is 12.6 Å². The van der Waals surface area contributed by atoms with Crippen LogP contribution >= 0.6 is 0 Å². The summed E-state index contributed by atoms with van der Waals surface area (Å²) in [4.78, 5) is 0. The quantitative estimate of drug-likeness (QED) is 0.780. The number of rotatable bonds is 5. The lowest BCUT2D eigenvalue weighted by atomic mass is 9.54. The van der Waals surface area contributed by atoms with Crippen molar-refractivity contribution in [2.24, 2.45) is 23.7 Å². The number of halogens is 3. The molecule has 1 N–H and O–H groups in total. The van der Waals surface area contributed by atoms with E-state index in [1.54, 1.807) is 0 Å². The predicted octanol–water partition coefficient (Wildman–Crippen LogP) is 2.98. The highest BCUT2D eigenvalue weighted by atomic mass is 19.4. The molecule has 0 atom stereocenters. The van der Waals surface area contributed by atoms with Crippen molar-refractivity contribution in [2.75, 3.05) is 19.8 Å². The lowest BCUT2D eigenvalue weighted by Crippen LogP contribution is -2.55. The zero-order valence-corrected chi connectivity index (χ0v) is 11.1. The van der Waals surface area contributed by atoms with Crippen molar-refractivity contribution < 1.29 is 17.9 Å². The van der Waals surface area contributed by atoms with E-state index in [4.69, 9.17) is 0 Å². The van der Waals surface area contributed by atoms with Crippen LogP contribution in [0.3, 0.4) is 0 Å². The molecule has 4 aliphatic carbocycles. The largest absolute Gasteiger partial charge is 0.411 e. The Morgan fingerprint density at radius 3 is 2.05 bits per heavy atom. The molecule has 19 heavy (non-hydrogen) atoms. The molecule has 0 aromatic heterocycles. The Bertz CT molecular complexity index is 290. The topological polar surface area (TPSA) is 21.3 Å². The third-order valence-corrected chi connectivity index (χ3v) is 5.12. The van der Waals surface area contributed by atoms with Gasteiger partial charge in [0.25, 0.3) is 0 Å². The monoisotopic (exact) mass is 277 g/mol. The first-order valence-corrected chi connectivity index (χ1v) is 7.39. The second-order valence-electron chi connectivity index (χ2n) is 6.58. The van der Waals surface area contributed by atoms with Crippen molar-refractivity contribution in [1.29, 1.82) is 0 Å². The van der Waals surface area contributed by atoms with Gasteiger partial charge in [-0.05, 0) is 55.8 Å². The van der Waals surface area contributed by atoms with Crippen molar-refractivity contribution in [1.82, 2.24) is 5.32 Å². The third kappa shape index (κ3) is 3.24. The summed E-state index contributed by atoms with van der Waals surface area (Å²) >= 11 is 0. The number of nitrogens with one attached hydrogen (secondary N) is 1. The number of hydrogen-bond acceptors (Lipinski definition) is 2. The Morgan fingerprint density at radius 2 is 1.53 bits per heavy atom. The Balaban J connectivity index is 1.39. The molecule has 4 rings (SSSR count). The van der Waals surface area contributed by atoms with Gasteiger partial charge in [0.1, 0.15) is 6.61 Å². The molecule has 4 bridgehead atoms. The SMILES string of the molecule is FC(F)(F)COCCNC1C2CC3CC(C2)CC1C3. The highest BCUT2D eigenvalue weighted by Crippen LogP contribution is 2.53. The molecule has 4 fully saturated rings. The van der Waals surface area contributed by atoms with Crippen LogP contribution in [0, 0.1) is 23.7 Å². The Kier molecular flexibility index (Phi) is 3.78. The fraction of sp³-hybridized carbons (Fsp3) is 1.00. The van der Waals surface area contributed by atoms with Gasteiger partial charge < -0.3 is 10.1 Å². The molecule has 2 nitrogen and oxygen atoms in total. The average Bonchev–Trinajstić information content (AvgIpc) is 2.29. The maximum atomic E-state index is 11.9. The molecule has 0 radical (unpaired) electrons. The molecule has 0 aromatic rings. The molecule has 0 aromatic carbocycles. The van der Waals surface area contributed by atoms with Gasteiger partial charge in [-0.3, -0.25) is 0 Å². The van der Waals surface area contributed by atoms with E-state index in [0.717, 1.165) is 23.7 Å². The minimum Gasteiger partial charge on any atom is -0.371 e. The summed E-state index contributed by atoms with van der Waals surface area (Å²) in [5.74, 6) is 3.39. The summed E-state index contributed by atoms with van der Waals surface area (Å²) < 4.78 is 40.4. The molecular formula is C14H22F3NO. The zero-order chi connectivity index (χ0) is 13.5. The van der Waals surface area contributed by atoms with Gasteiger partial charge in [-0.2, -0.15) is 13.2 Å². The van der Waals surface area contributed by atoms with Crippen LogP contribution in [-0.2, 0) is 4.74 Å². The van der Waals surface area contributed by atoms with Gasteiger partial charge in [0.15, 0.2) is 0 Å². The maximum Gasteiger partial charge on any atom is 0.411 e. The highest BCUT2D eigenvalue weighted by Gasteiger charge is 2.47. The Morgan fingerprint density at radius 1 is 0.947 bits per heavy atom. The summed E-state index contributed by atoms with van der Waals surface area (Å²) in [5.41, 5.74) is 0. The molecule has 0 spiro atoms. The molecule has 4 aliphatic rings. The lowest BCUT2D eigenvalue weighted by molar-refractivity contribution is -0.173. The van der Waals surface area contributed by atoms with Crippen molar-refractivity contribution >= 4 is 0 Å². The summed E-state index contributed by atoms with van der Waals surface area (Å²) in [6.45, 7) is -0.429. The van der Waals surface area contributed by atoms with Crippen molar-refractivity contribution in [3.8, 4) is 0 Å². The van der Waals surface area contributed by atoms with Gasteiger partial charge in [-0.15, -0.1) is 0 Å². The second-order valence-corrected chi connectivity index (χ2v) is 6.58. The van der Waals surface area contributed by atoms with Crippen LogP contribution in [0.1, 0.15) is 32.1 Å². The number of ether oxygens (including phenoxy) is 1. The number of alkyl halides is 3. The van der Waals surface area contributed by atoms with Crippen LogP contribution in [-0.4, -0.2) is 32.0 Å². The smallest absolute Gasteiger partial charge is 0.371 e. The van der Waals surface area contributed by atoms with Crippen LogP contribution in [0.5, 0.6) is 0 Å². The maximum absolute atomic E-state index is 11.9. The van der Waals surface area contributed by atoms with Crippen LogP contribution in [0.4, 0.5) is 13.2 Å². The first kappa shape index (κ1) is 13.7. The van der Waals surface area contributed by atoms with Crippen molar-refractivity contribution in [2.45, 2.75) is 44.3 Å². The fourth-order valence-corrected chi connectivity index (χ4v) is 4.74. The van der Waals surface area contributed by atoms with E-state index in [2.05, 4.69) is 10.1 Å². The van der Waals surface area contributed by atoms with E-state index in [-0.39, 0.29) is 6.61 Å². The molecular weight excluding hydrogens is 255 g/mol. The van der Waals surface area contributed by atoms with E-state index < -0.39 is 12.8 Å². The van der Waals surface area contributed by atoms with Crippen LogP contribution in [0.15, 0.2) is 0 Å². The molecule has 0 amide bonds. The lowest BCUT2D eigenvalue weighted by Gasteiger charge is -2.54. The van der Waals surface area contributed by atoms with Crippen LogP contribution in [0.25, 0.3) is 0 Å². The van der Waals surface area contributed by atoms with Gasteiger partial charge in [0.2, 0.25) is 0 Å². The van der Waals surface area contributed by atoms with Gasteiger partial charge in [0.05, 0.1) is 6.61 Å². The zero-order valence-electron chi connectivity index (χ0n) is 11.1. The molecule has 0 heterocycles. The van der Waals surface area contributed by atoms with Crippen LogP contribution in [0.2, 0.25) is 0 Å². The molecule has 0 aliphatic heterocycles. The summed E-state index contributed by atoms with van der Waals surface area (Å²) in [6, 6.07) is 0.530. The predicted molar refractivity (Wildman–Crippen MR) is 65.7 cm³/mol. The molecule has 0 unspecified atom stereocenters. The van der Waals surface area contributed by atoms with E-state index in [1.807, 2.05) is 0 Å². The fourth-order valence-electron chi connectivity index (χ4n) is 4.74. The summed E-state index contributed by atoms with van der Waals surface area (Å²) in [5, 5.41) is 3.46. The van der Waals surface area contributed by atoms with E-state index >= 15 is 0 Å². The van der Waals surface area contributed by atoms with E-state index in [0.29, 0.717) is 12.6 Å². The van der Waals surface area contributed by atoms with Gasteiger partial charge in [-0.1, -0.05) is 0 Å². The average molecular weight is 277 g/mol. The van der Waals surface area contributed by atoms with E-state index in [1.165, 1.54) is 32.1 Å². The molecule has 4 saturated carbocycles. The highest BCUT2D eigenvalue weighted by molar-refractivity contribution is 5.01. The third-order valence-electron chi connectivity index (χ3n) is 5.12. The van der Waals surface area contributed by atoms with Crippen LogP contribution < -0.4 is 5.32 Å². The van der Waals surface area contributed by atoms with Gasteiger partial charge in [-0.25, -0.2) is 0 Å². The van der Waals surface area contributed by atoms with Crippen molar-refractivity contribution in [3.05, 3.63) is 0 Å². The first-order chi connectivity index (χ1) is 9.01. The minimum absolute atomic E-state index is 0.155. The Labute approximate surface area is 112 Å². The number of hydrogen-bond donors (Lipinski definition) is 1. The van der Waals surface area contributed by atoms with E-state index in [9.17, 15) is 13.2 Å². The van der Waals surface area contributed by atoms with Crippen molar-refractivity contribution in [3.63, 3.8) is 0 Å². The molecule has 0 saturated heterocycles. The minimum atomic E-state index is -4.21. The van der Waals surface area contributed by atoms with Gasteiger partial charge >= 0.3 is 6.18 Å².